The summed E-state index contributed by atoms with van der Waals surface area (Å²) >= 11 is 0. The summed E-state index contributed by atoms with van der Waals surface area (Å²) in [5, 5.41) is 0. The number of carbonyl (C=O) groups excluding carboxylic acids is 3. The number of rotatable bonds is 9. The summed E-state index contributed by atoms with van der Waals surface area (Å²) in [5.41, 5.74) is 3.37. The van der Waals surface area contributed by atoms with Gasteiger partial charge in [-0.3, -0.25) is 9.59 Å². The molecule has 0 radical (unpaired) electrons. The van der Waals surface area contributed by atoms with E-state index in [4.69, 9.17) is 18.9 Å². The van der Waals surface area contributed by atoms with E-state index in [1.54, 1.807) is 4.90 Å². The highest BCUT2D eigenvalue weighted by atomic mass is 16.6. The Labute approximate surface area is 193 Å². The average Bonchev–Trinajstić information content (AvgIpc) is 3.28. The van der Waals surface area contributed by atoms with E-state index in [9.17, 15) is 14.4 Å². The van der Waals surface area contributed by atoms with Crippen LogP contribution in [0.1, 0.15) is 42.5 Å². The highest BCUT2D eigenvalue weighted by molar-refractivity contribution is 5.68. The summed E-state index contributed by atoms with van der Waals surface area (Å²) in [6.45, 7) is 4.54. The second kappa shape index (κ2) is 12.0. The quantitative estimate of drug-likeness (QED) is 0.420. The van der Waals surface area contributed by atoms with Gasteiger partial charge in [-0.15, -0.1) is 0 Å². The summed E-state index contributed by atoms with van der Waals surface area (Å²) in [7, 11) is 0. The molecule has 2 aromatic rings. The summed E-state index contributed by atoms with van der Waals surface area (Å²) in [6, 6.07) is 15.2. The van der Waals surface area contributed by atoms with Crippen LogP contribution in [-0.4, -0.2) is 42.1 Å². The van der Waals surface area contributed by atoms with Crippen molar-refractivity contribution in [2.75, 3.05) is 13.1 Å². The fraction of sp³-hybridized carbons (Fsp3) is 0.400. The molecule has 0 aliphatic carbocycles. The number of benzene rings is 2. The van der Waals surface area contributed by atoms with Crippen LogP contribution in [0, 0.1) is 0 Å². The number of likely N-dealkylation sites (tertiary alicyclic amines) is 1. The second-order valence-corrected chi connectivity index (χ2v) is 7.93. The summed E-state index contributed by atoms with van der Waals surface area (Å²) in [6.07, 6.45) is 0.258. The van der Waals surface area contributed by atoms with Crippen LogP contribution < -0.4 is 0 Å². The van der Waals surface area contributed by atoms with Crippen LogP contribution in [0.5, 0.6) is 0 Å². The lowest BCUT2D eigenvalue weighted by Crippen LogP contribution is -2.30. The fourth-order valence-corrected chi connectivity index (χ4v) is 3.51. The normalized spacial score (nSPS) is 15.2. The van der Waals surface area contributed by atoms with Crippen molar-refractivity contribution in [3.05, 3.63) is 70.8 Å². The van der Waals surface area contributed by atoms with Gasteiger partial charge in [0.1, 0.15) is 19.8 Å². The molecule has 0 spiro atoms. The Balaban J connectivity index is 1.52. The Morgan fingerprint density at radius 3 is 1.91 bits per heavy atom. The van der Waals surface area contributed by atoms with Gasteiger partial charge in [0.05, 0.1) is 19.3 Å². The van der Waals surface area contributed by atoms with Crippen molar-refractivity contribution in [3.63, 3.8) is 0 Å². The third kappa shape index (κ3) is 8.23. The first kappa shape index (κ1) is 24.3. The molecule has 1 aliphatic heterocycles. The van der Waals surface area contributed by atoms with Crippen LogP contribution >= 0.6 is 0 Å². The van der Waals surface area contributed by atoms with E-state index >= 15 is 0 Å². The van der Waals surface area contributed by atoms with E-state index in [1.165, 1.54) is 13.8 Å². The number of amides is 1. The first-order valence-electron chi connectivity index (χ1n) is 10.8. The van der Waals surface area contributed by atoms with Gasteiger partial charge >= 0.3 is 18.0 Å². The molecule has 1 fully saturated rings. The number of carbonyl (C=O) groups is 3. The highest BCUT2D eigenvalue weighted by Gasteiger charge is 2.28. The van der Waals surface area contributed by atoms with Crippen molar-refractivity contribution >= 4 is 18.0 Å². The maximum absolute atomic E-state index is 12.3. The van der Waals surface area contributed by atoms with Crippen molar-refractivity contribution < 1.29 is 33.3 Å². The van der Waals surface area contributed by atoms with Gasteiger partial charge in [-0.2, -0.15) is 0 Å². The van der Waals surface area contributed by atoms with Gasteiger partial charge in [-0.05, 0) is 34.7 Å². The largest absolute Gasteiger partial charge is 0.461 e. The maximum atomic E-state index is 12.3. The van der Waals surface area contributed by atoms with Crippen LogP contribution in [-0.2, 0) is 55.0 Å². The highest BCUT2D eigenvalue weighted by Crippen LogP contribution is 2.19. The SMILES string of the molecule is CC(=O)OCc1cc(COC(C)=O)cc(COC2CCN(C(=O)OCc3ccccc3)C2)c1. The summed E-state index contributed by atoms with van der Waals surface area (Å²) in [4.78, 5) is 36.3. The zero-order valence-corrected chi connectivity index (χ0v) is 19.0. The molecule has 8 nitrogen and oxygen atoms in total. The standard InChI is InChI=1S/C25H29NO7/c1-18(27)30-15-21-10-22(16-31-19(2)28)12-23(11-21)17-32-24-8-9-26(13-24)25(29)33-14-20-6-4-3-5-7-20/h3-7,10-12,24H,8-9,13-17H2,1-2H3. The minimum atomic E-state index is -0.372. The molecular formula is C25H29NO7. The Kier molecular flexibility index (Phi) is 8.83. The molecule has 1 unspecified atom stereocenters. The predicted octanol–water partition coefficient (Wildman–Crippen LogP) is 3.74. The molecule has 176 valence electrons. The number of esters is 2. The number of hydrogen-bond donors (Lipinski definition) is 0. The van der Waals surface area contributed by atoms with E-state index in [-0.39, 0.29) is 44.0 Å². The molecule has 1 heterocycles. The lowest BCUT2D eigenvalue weighted by Gasteiger charge is -2.17. The molecule has 1 amide bonds. The third-order valence-corrected chi connectivity index (χ3v) is 5.09. The van der Waals surface area contributed by atoms with Gasteiger partial charge in [0, 0.05) is 20.4 Å². The Bertz CT molecular complexity index is 924. The Hall–Kier alpha value is -3.39. The third-order valence-electron chi connectivity index (χ3n) is 5.09. The topological polar surface area (TPSA) is 91.4 Å². The molecule has 8 heteroatoms. The van der Waals surface area contributed by atoms with E-state index < -0.39 is 0 Å². The first-order valence-corrected chi connectivity index (χ1v) is 10.8. The van der Waals surface area contributed by atoms with Gasteiger partial charge in [-0.1, -0.05) is 42.5 Å². The van der Waals surface area contributed by atoms with E-state index in [2.05, 4.69) is 0 Å². The van der Waals surface area contributed by atoms with Crippen molar-refractivity contribution in [1.82, 2.24) is 4.90 Å². The van der Waals surface area contributed by atoms with Crippen LogP contribution in [0.3, 0.4) is 0 Å². The first-order chi connectivity index (χ1) is 15.9. The molecule has 2 aromatic carbocycles. The van der Waals surface area contributed by atoms with E-state index in [0.29, 0.717) is 26.1 Å². The number of ether oxygens (including phenoxy) is 4. The van der Waals surface area contributed by atoms with Crippen molar-refractivity contribution in [2.45, 2.75) is 52.8 Å². The number of nitrogens with zero attached hydrogens (tertiary/aromatic N) is 1. The molecule has 1 aliphatic rings. The van der Waals surface area contributed by atoms with Crippen LogP contribution in [0.2, 0.25) is 0 Å². The molecule has 0 saturated carbocycles. The zero-order valence-electron chi connectivity index (χ0n) is 19.0. The molecule has 0 aromatic heterocycles. The minimum absolute atomic E-state index is 0.108. The minimum Gasteiger partial charge on any atom is -0.461 e. The maximum Gasteiger partial charge on any atom is 0.410 e. The van der Waals surface area contributed by atoms with Crippen LogP contribution in [0.15, 0.2) is 48.5 Å². The van der Waals surface area contributed by atoms with Crippen LogP contribution in [0.4, 0.5) is 4.79 Å². The van der Waals surface area contributed by atoms with E-state index in [0.717, 1.165) is 22.3 Å². The smallest absolute Gasteiger partial charge is 0.410 e. The molecule has 1 atom stereocenters. The van der Waals surface area contributed by atoms with Gasteiger partial charge in [-0.25, -0.2) is 4.79 Å². The fourth-order valence-electron chi connectivity index (χ4n) is 3.51. The summed E-state index contributed by atoms with van der Waals surface area (Å²) in [5.74, 6) is -0.744. The molecule has 0 bridgehead atoms. The van der Waals surface area contributed by atoms with E-state index in [1.807, 2.05) is 48.5 Å². The average molecular weight is 456 g/mol. The lowest BCUT2D eigenvalue weighted by atomic mass is 10.1. The number of hydrogen-bond acceptors (Lipinski definition) is 7. The predicted molar refractivity (Wildman–Crippen MR) is 119 cm³/mol. The summed E-state index contributed by atoms with van der Waals surface area (Å²) < 4.78 is 21.6. The Morgan fingerprint density at radius 2 is 1.33 bits per heavy atom. The molecule has 1 saturated heterocycles. The van der Waals surface area contributed by atoms with Crippen molar-refractivity contribution in [3.8, 4) is 0 Å². The van der Waals surface area contributed by atoms with Gasteiger partial charge < -0.3 is 23.8 Å². The van der Waals surface area contributed by atoms with Crippen LogP contribution in [0.25, 0.3) is 0 Å². The van der Waals surface area contributed by atoms with Gasteiger partial charge in [0.25, 0.3) is 0 Å². The molecular weight excluding hydrogens is 426 g/mol. The lowest BCUT2D eigenvalue weighted by molar-refractivity contribution is -0.142. The zero-order chi connectivity index (χ0) is 23.6. The molecule has 3 rings (SSSR count). The Morgan fingerprint density at radius 1 is 0.788 bits per heavy atom. The van der Waals surface area contributed by atoms with Crippen molar-refractivity contribution in [2.24, 2.45) is 0 Å². The molecule has 33 heavy (non-hydrogen) atoms. The van der Waals surface area contributed by atoms with Gasteiger partial charge in [0.15, 0.2) is 0 Å². The second-order valence-electron chi connectivity index (χ2n) is 7.93. The molecule has 0 N–H and O–H groups in total. The van der Waals surface area contributed by atoms with Crippen molar-refractivity contribution in [1.29, 1.82) is 0 Å². The monoisotopic (exact) mass is 455 g/mol. The van der Waals surface area contributed by atoms with Gasteiger partial charge in [0.2, 0.25) is 0 Å².